The number of imidazole rings is 1. The van der Waals surface area contributed by atoms with E-state index < -0.39 is 35.6 Å². The molecule has 0 radical (unpaired) electrons. The number of nitrogens with zero attached hydrogens (tertiary/aromatic N) is 3. The first-order valence-electron chi connectivity index (χ1n) is 12.3. The van der Waals surface area contributed by atoms with Gasteiger partial charge in [-0.15, -0.1) is 0 Å². The van der Waals surface area contributed by atoms with Crippen LogP contribution in [-0.2, 0) is 22.9 Å². The van der Waals surface area contributed by atoms with Crippen molar-refractivity contribution in [2.24, 2.45) is 0 Å². The lowest BCUT2D eigenvalue weighted by atomic mass is 9.85. The zero-order valence-electron chi connectivity index (χ0n) is 22.5. The molecule has 1 aliphatic rings. The van der Waals surface area contributed by atoms with Crippen LogP contribution in [0.4, 0.5) is 18.9 Å². The number of amides is 2. The van der Waals surface area contributed by atoms with Crippen molar-refractivity contribution in [2.45, 2.75) is 64.8 Å². The predicted octanol–water partition coefficient (Wildman–Crippen LogP) is 4.26. The Kier molecular flexibility index (Phi) is 8.40. The fourth-order valence-electron chi connectivity index (χ4n) is 4.35. The van der Waals surface area contributed by atoms with Crippen LogP contribution >= 0.6 is 11.6 Å². The van der Waals surface area contributed by atoms with Crippen LogP contribution in [0.1, 0.15) is 73.8 Å². The van der Waals surface area contributed by atoms with Gasteiger partial charge in [0.2, 0.25) is 5.91 Å². The highest BCUT2D eigenvalue weighted by atomic mass is 35.5. The highest BCUT2D eigenvalue weighted by molar-refractivity contribution is 6.32. The number of benzene rings is 1. The average molecular weight is 568 g/mol. The summed E-state index contributed by atoms with van der Waals surface area (Å²) in [5.41, 5.74) is 5.13. The highest BCUT2D eigenvalue weighted by Crippen LogP contribution is 2.35. The summed E-state index contributed by atoms with van der Waals surface area (Å²) in [5, 5.41) is 14.3. The zero-order valence-corrected chi connectivity index (χ0v) is 23.2. The summed E-state index contributed by atoms with van der Waals surface area (Å²) in [6.07, 6.45) is -3.77. The number of carbonyl (C=O) groups is 2. The topological polar surface area (TPSA) is 129 Å². The molecule has 13 heteroatoms. The number of hydrogen-bond donors (Lipinski definition) is 4. The van der Waals surface area contributed by atoms with Crippen molar-refractivity contribution in [3.05, 3.63) is 58.1 Å². The molecule has 1 aromatic carbocycles. The van der Waals surface area contributed by atoms with Gasteiger partial charge in [0.1, 0.15) is 17.4 Å². The molecule has 39 heavy (non-hydrogen) atoms. The second-order valence-corrected chi connectivity index (χ2v) is 11.1. The number of likely N-dealkylation sites (tertiary alicyclic amines) is 1. The second-order valence-electron chi connectivity index (χ2n) is 10.7. The van der Waals surface area contributed by atoms with Crippen LogP contribution < -0.4 is 16.4 Å². The second kappa shape index (κ2) is 10.9. The first kappa shape index (κ1) is 30.0. The van der Waals surface area contributed by atoms with E-state index in [4.69, 9.17) is 22.7 Å². The summed E-state index contributed by atoms with van der Waals surface area (Å²) in [6.45, 7) is 12.6. The van der Waals surface area contributed by atoms with Crippen LogP contribution in [-0.4, -0.2) is 51.2 Å². The van der Waals surface area contributed by atoms with E-state index in [0.29, 0.717) is 10.6 Å². The number of alkyl halides is 3. The quantitative estimate of drug-likeness (QED) is 0.172. The van der Waals surface area contributed by atoms with Crippen molar-refractivity contribution >= 4 is 34.9 Å². The number of nitrogens with two attached hydrogens (primary N) is 1. The Morgan fingerprint density at radius 3 is 2.41 bits per heavy atom. The number of aromatic nitrogens is 2. The first-order valence-corrected chi connectivity index (χ1v) is 12.7. The fraction of sp³-hybridized carbons (Fsp3) is 0.462. The molecule has 2 aromatic rings. The summed E-state index contributed by atoms with van der Waals surface area (Å²) in [7, 11) is 0. The molecule has 1 saturated heterocycles. The van der Waals surface area contributed by atoms with E-state index in [2.05, 4.69) is 22.2 Å². The van der Waals surface area contributed by atoms with Gasteiger partial charge in [0.25, 0.3) is 5.91 Å². The van der Waals surface area contributed by atoms with E-state index in [9.17, 15) is 22.8 Å². The van der Waals surface area contributed by atoms with Gasteiger partial charge in [-0.3, -0.25) is 15.0 Å². The normalized spacial score (nSPS) is 14.3. The molecule has 0 saturated carbocycles. The highest BCUT2D eigenvalue weighted by Gasteiger charge is 2.42. The van der Waals surface area contributed by atoms with Crippen molar-refractivity contribution in [1.29, 1.82) is 5.41 Å². The van der Waals surface area contributed by atoms with Gasteiger partial charge in [-0.1, -0.05) is 39.0 Å². The molecule has 9 nitrogen and oxygen atoms in total. The fourth-order valence-corrected chi connectivity index (χ4v) is 4.81. The average Bonchev–Trinajstić information content (AvgIpc) is 3.18. The summed E-state index contributed by atoms with van der Waals surface area (Å²) < 4.78 is 43.2. The third kappa shape index (κ3) is 6.38. The van der Waals surface area contributed by atoms with E-state index in [1.54, 1.807) is 19.9 Å². The minimum Gasteiger partial charge on any atom is -0.398 e. The van der Waals surface area contributed by atoms with Crippen LogP contribution in [0.2, 0.25) is 5.02 Å². The van der Waals surface area contributed by atoms with Crippen molar-refractivity contribution in [2.75, 3.05) is 18.8 Å². The molecule has 212 valence electrons. The maximum absolute atomic E-state index is 14.0. The van der Waals surface area contributed by atoms with Crippen molar-refractivity contribution < 1.29 is 22.8 Å². The molecule has 0 spiro atoms. The van der Waals surface area contributed by atoms with Gasteiger partial charge < -0.3 is 25.8 Å². The van der Waals surface area contributed by atoms with Gasteiger partial charge in [-0.25, -0.2) is 4.98 Å². The molecule has 1 fully saturated rings. The molecule has 1 aromatic heterocycles. The molecule has 1 aliphatic heterocycles. The van der Waals surface area contributed by atoms with Gasteiger partial charge in [-0.05, 0) is 43.0 Å². The summed E-state index contributed by atoms with van der Waals surface area (Å²) in [4.78, 5) is 29.9. The molecule has 0 bridgehead atoms. The monoisotopic (exact) mass is 567 g/mol. The van der Waals surface area contributed by atoms with Gasteiger partial charge in [-0.2, -0.15) is 13.2 Å². The van der Waals surface area contributed by atoms with Crippen molar-refractivity contribution in [3.63, 3.8) is 0 Å². The van der Waals surface area contributed by atoms with E-state index >= 15 is 0 Å². The Morgan fingerprint density at radius 1 is 1.28 bits per heavy atom. The van der Waals surface area contributed by atoms with Gasteiger partial charge >= 0.3 is 6.18 Å². The van der Waals surface area contributed by atoms with Gasteiger partial charge in [0.15, 0.2) is 5.69 Å². The third-order valence-corrected chi connectivity index (χ3v) is 6.64. The molecule has 3 rings (SSSR count). The number of nitrogen functional groups attached to an aromatic ring is 1. The number of anilines is 1. The van der Waals surface area contributed by atoms with Crippen LogP contribution in [0.5, 0.6) is 0 Å². The van der Waals surface area contributed by atoms with Gasteiger partial charge in [0.05, 0.1) is 12.6 Å². The number of amidine groups is 1. The molecule has 2 amide bonds. The molecule has 0 unspecified atom stereocenters. The lowest BCUT2D eigenvalue weighted by molar-refractivity contribution is -0.141. The van der Waals surface area contributed by atoms with Gasteiger partial charge in [0, 0.05) is 35.4 Å². The van der Waals surface area contributed by atoms with Crippen LogP contribution in [0.25, 0.3) is 0 Å². The van der Waals surface area contributed by atoms with E-state index in [-0.39, 0.29) is 48.3 Å². The van der Waals surface area contributed by atoms with Crippen LogP contribution in [0, 0.1) is 5.41 Å². The third-order valence-electron chi connectivity index (χ3n) is 6.33. The number of halogens is 4. The van der Waals surface area contributed by atoms with Crippen LogP contribution in [0.15, 0.2) is 24.8 Å². The first-order chi connectivity index (χ1) is 17.9. The minimum absolute atomic E-state index is 0.0760. The largest absolute Gasteiger partial charge is 0.435 e. The Balaban J connectivity index is 1.90. The van der Waals surface area contributed by atoms with E-state index in [0.717, 1.165) is 11.6 Å². The molecule has 0 atom stereocenters. The number of nitrogens with one attached hydrogen (secondary N) is 3. The summed E-state index contributed by atoms with van der Waals surface area (Å²) in [6, 6.07) is 2.16. The van der Waals surface area contributed by atoms with E-state index in [1.807, 2.05) is 20.8 Å². The molecule has 0 aliphatic carbocycles. The maximum atomic E-state index is 14.0. The molecule has 5 N–H and O–H groups in total. The smallest absolute Gasteiger partial charge is 0.398 e. The Morgan fingerprint density at radius 2 is 1.90 bits per heavy atom. The number of rotatable bonds is 7. The minimum atomic E-state index is -4.90. The number of hydrogen-bond acceptors (Lipinski definition) is 5. The van der Waals surface area contributed by atoms with E-state index in [1.165, 1.54) is 15.5 Å². The van der Waals surface area contributed by atoms with Crippen molar-refractivity contribution in [1.82, 2.24) is 25.1 Å². The Labute approximate surface area is 230 Å². The molecule has 2 heterocycles. The predicted molar refractivity (Wildman–Crippen MR) is 144 cm³/mol. The summed E-state index contributed by atoms with van der Waals surface area (Å²) in [5.74, 6) is -1.48. The molecular formula is C26H33ClF3N7O2. The number of carbonyl (C=O) groups excluding carboxylic acids is 2. The lowest BCUT2D eigenvalue weighted by Gasteiger charge is -2.39. The maximum Gasteiger partial charge on any atom is 0.435 e. The standard InChI is InChI=1S/C26H33ClF3N7O2/c1-7-20(38)36-11-14(12-36)34-24(39)21-22(26(28,29)30)35-19(37(21)13(2)3)10-33-23(32)15-8-16(25(4,5)6)17(27)9-18(15)31/h7-9,13-14H,1,10-12,31H2,2-6H3,(H2,32,33)(H,34,39). The van der Waals surface area contributed by atoms with Crippen molar-refractivity contribution in [3.8, 4) is 0 Å². The lowest BCUT2D eigenvalue weighted by Crippen LogP contribution is -2.60. The zero-order chi connectivity index (χ0) is 29.4. The Hall–Kier alpha value is -3.54. The van der Waals surface area contributed by atoms with Crippen LogP contribution in [0.3, 0.4) is 0 Å². The SMILES string of the molecule is C=CC(=O)N1CC(NC(=O)c2c(C(F)(F)F)nc(CNC(=N)c3cc(C(C)(C)C)c(Cl)cc3N)n2C(C)C)C1. The summed E-state index contributed by atoms with van der Waals surface area (Å²) >= 11 is 6.34. The Bertz CT molecular complexity index is 1310. The molecular weight excluding hydrogens is 535 g/mol.